The van der Waals surface area contributed by atoms with Crippen molar-refractivity contribution in [1.29, 1.82) is 0 Å². The van der Waals surface area contributed by atoms with Gasteiger partial charge in [-0.05, 0) is 54.1 Å². The van der Waals surface area contributed by atoms with Crippen molar-refractivity contribution in [2.24, 2.45) is 0 Å². The number of rotatable bonds is 3. The zero-order valence-electron chi connectivity index (χ0n) is 9.81. The molecule has 0 amide bonds. The average Bonchev–Trinajstić information content (AvgIpc) is 2.96. The van der Waals surface area contributed by atoms with E-state index in [4.69, 9.17) is 11.6 Å². The molecule has 3 aromatic rings. The highest BCUT2D eigenvalue weighted by Gasteiger charge is 2.08. The molecule has 0 saturated carbocycles. The highest BCUT2D eigenvalue weighted by Crippen LogP contribution is 2.30. The summed E-state index contributed by atoms with van der Waals surface area (Å²) < 4.78 is 2.17. The van der Waals surface area contributed by atoms with Crippen molar-refractivity contribution >= 4 is 50.0 Å². The summed E-state index contributed by atoms with van der Waals surface area (Å²) in [6, 6.07) is 12.9. The number of hydrogen-bond acceptors (Lipinski definition) is 3. The van der Waals surface area contributed by atoms with Crippen LogP contribution in [0.15, 0.2) is 41.8 Å². The number of benzene rings is 1. The van der Waals surface area contributed by atoms with Crippen LogP contribution in [0.4, 0.5) is 5.69 Å². The Morgan fingerprint density at radius 3 is 2.83 bits per heavy atom. The van der Waals surface area contributed by atoms with Gasteiger partial charge in [0.15, 0.2) is 0 Å². The lowest BCUT2D eigenvalue weighted by molar-refractivity contribution is 0.909. The van der Waals surface area contributed by atoms with Crippen LogP contribution in [0.1, 0.15) is 17.8 Å². The topological polar surface area (TPSA) is 12.0 Å². The fourth-order valence-corrected chi connectivity index (χ4v) is 3.77. The number of halogens is 1. The molecule has 1 aromatic carbocycles. The molecule has 0 aliphatic carbocycles. The van der Waals surface area contributed by atoms with Crippen LogP contribution in [0.2, 0.25) is 4.34 Å². The third-order valence-corrected chi connectivity index (χ3v) is 5.17. The molecule has 0 aliphatic heterocycles. The molecule has 1 unspecified atom stereocenters. The van der Waals surface area contributed by atoms with E-state index in [0.29, 0.717) is 0 Å². The molecule has 0 aliphatic rings. The van der Waals surface area contributed by atoms with Crippen molar-refractivity contribution in [2.45, 2.75) is 13.0 Å². The molecule has 18 heavy (non-hydrogen) atoms. The molecule has 1 atom stereocenters. The Morgan fingerprint density at radius 1 is 1.17 bits per heavy atom. The van der Waals surface area contributed by atoms with Crippen LogP contribution >= 0.6 is 34.3 Å². The highest BCUT2D eigenvalue weighted by atomic mass is 35.5. The minimum absolute atomic E-state index is 0.276. The number of thiophene rings is 2. The van der Waals surface area contributed by atoms with Crippen molar-refractivity contribution in [3.8, 4) is 0 Å². The largest absolute Gasteiger partial charge is 0.378 e. The molecular formula is C14H12ClNS2. The first-order valence-electron chi connectivity index (χ1n) is 5.71. The van der Waals surface area contributed by atoms with Crippen LogP contribution in [0, 0.1) is 0 Å². The number of anilines is 1. The van der Waals surface area contributed by atoms with Gasteiger partial charge in [0, 0.05) is 15.3 Å². The standard InChI is InChI=1S/C14H12ClNS2/c1-9(12-4-5-14(15)18-12)16-11-2-3-13-10(8-11)6-7-17-13/h2-9,16H,1H3. The van der Waals surface area contributed by atoms with Crippen molar-refractivity contribution < 1.29 is 0 Å². The van der Waals surface area contributed by atoms with E-state index in [9.17, 15) is 0 Å². The predicted octanol–water partition coefficient (Wildman–Crippen LogP) is 5.79. The Labute approximate surface area is 119 Å². The molecule has 0 spiro atoms. The van der Waals surface area contributed by atoms with Crippen molar-refractivity contribution in [2.75, 3.05) is 5.32 Å². The first-order valence-corrected chi connectivity index (χ1v) is 7.79. The van der Waals surface area contributed by atoms with Gasteiger partial charge in [-0.25, -0.2) is 0 Å². The lowest BCUT2D eigenvalue weighted by atomic mass is 10.2. The van der Waals surface area contributed by atoms with E-state index in [1.165, 1.54) is 15.0 Å². The molecule has 0 radical (unpaired) electrons. The fourth-order valence-electron chi connectivity index (χ4n) is 1.94. The summed E-state index contributed by atoms with van der Waals surface area (Å²) >= 11 is 9.36. The summed E-state index contributed by atoms with van der Waals surface area (Å²) in [4.78, 5) is 1.26. The number of nitrogens with one attached hydrogen (secondary N) is 1. The van der Waals surface area contributed by atoms with Gasteiger partial charge in [0.05, 0.1) is 10.4 Å². The minimum Gasteiger partial charge on any atom is -0.378 e. The Balaban J connectivity index is 1.83. The average molecular weight is 294 g/mol. The molecule has 1 N–H and O–H groups in total. The second-order valence-electron chi connectivity index (χ2n) is 4.18. The van der Waals surface area contributed by atoms with Gasteiger partial charge in [0.1, 0.15) is 0 Å². The van der Waals surface area contributed by atoms with E-state index >= 15 is 0 Å². The van der Waals surface area contributed by atoms with Crippen molar-refractivity contribution in [3.63, 3.8) is 0 Å². The first kappa shape index (κ1) is 12.0. The summed E-state index contributed by atoms with van der Waals surface area (Å²) in [5.41, 5.74) is 1.15. The maximum Gasteiger partial charge on any atom is 0.0932 e. The first-order chi connectivity index (χ1) is 8.72. The highest BCUT2D eigenvalue weighted by molar-refractivity contribution is 7.17. The van der Waals surface area contributed by atoms with Gasteiger partial charge in [-0.15, -0.1) is 22.7 Å². The lowest BCUT2D eigenvalue weighted by Crippen LogP contribution is -2.04. The maximum atomic E-state index is 5.96. The van der Waals surface area contributed by atoms with Crippen LogP contribution in [0.5, 0.6) is 0 Å². The van der Waals surface area contributed by atoms with Gasteiger partial charge < -0.3 is 5.32 Å². The predicted molar refractivity (Wildman–Crippen MR) is 83.2 cm³/mol. The fraction of sp³-hybridized carbons (Fsp3) is 0.143. The monoisotopic (exact) mass is 293 g/mol. The zero-order valence-corrected chi connectivity index (χ0v) is 12.2. The molecule has 0 fully saturated rings. The van der Waals surface area contributed by atoms with E-state index < -0.39 is 0 Å². The SMILES string of the molecule is CC(Nc1ccc2sccc2c1)c1ccc(Cl)s1. The van der Waals surface area contributed by atoms with Gasteiger partial charge in [-0.1, -0.05) is 11.6 Å². The van der Waals surface area contributed by atoms with E-state index in [0.717, 1.165) is 10.0 Å². The Bertz CT molecular complexity index is 671. The molecule has 4 heteroatoms. The third kappa shape index (κ3) is 2.39. The van der Waals surface area contributed by atoms with E-state index in [1.54, 1.807) is 22.7 Å². The maximum absolute atomic E-state index is 5.96. The second kappa shape index (κ2) is 4.92. The summed E-state index contributed by atoms with van der Waals surface area (Å²) in [6.45, 7) is 2.15. The molecule has 0 bridgehead atoms. The van der Waals surface area contributed by atoms with Gasteiger partial charge in [0.25, 0.3) is 0 Å². The van der Waals surface area contributed by atoms with Crippen molar-refractivity contribution in [1.82, 2.24) is 0 Å². The molecule has 1 nitrogen and oxygen atoms in total. The Morgan fingerprint density at radius 2 is 2.06 bits per heavy atom. The second-order valence-corrected chi connectivity index (χ2v) is 6.88. The quantitative estimate of drug-likeness (QED) is 0.644. The van der Waals surface area contributed by atoms with Gasteiger partial charge in [-0.3, -0.25) is 0 Å². The summed E-state index contributed by atoms with van der Waals surface area (Å²) in [6.07, 6.45) is 0. The molecule has 2 aromatic heterocycles. The summed E-state index contributed by atoms with van der Waals surface area (Å²) in [5.74, 6) is 0. The summed E-state index contributed by atoms with van der Waals surface area (Å²) in [7, 11) is 0. The lowest BCUT2D eigenvalue weighted by Gasteiger charge is -2.13. The van der Waals surface area contributed by atoms with E-state index in [2.05, 4.69) is 48.0 Å². The Hall–Kier alpha value is -1.03. The zero-order chi connectivity index (χ0) is 12.5. The number of hydrogen-bond donors (Lipinski definition) is 1. The molecular weight excluding hydrogens is 282 g/mol. The Kier molecular flexibility index (Phi) is 3.29. The molecule has 92 valence electrons. The van der Waals surface area contributed by atoms with Gasteiger partial charge in [0.2, 0.25) is 0 Å². The van der Waals surface area contributed by atoms with Gasteiger partial charge >= 0.3 is 0 Å². The smallest absolute Gasteiger partial charge is 0.0932 e. The summed E-state index contributed by atoms with van der Waals surface area (Å²) in [5, 5.41) is 6.92. The van der Waals surface area contributed by atoms with E-state index in [-0.39, 0.29) is 6.04 Å². The molecule has 3 rings (SSSR count). The van der Waals surface area contributed by atoms with Crippen LogP contribution in [0.3, 0.4) is 0 Å². The van der Waals surface area contributed by atoms with Crippen LogP contribution in [0.25, 0.3) is 10.1 Å². The van der Waals surface area contributed by atoms with E-state index in [1.807, 2.05) is 6.07 Å². The van der Waals surface area contributed by atoms with Crippen LogP contribution < -0.4 is 5.32 Å². The normalized spacial score (nSPS) is 12.8. The molecule has 0 saturated heterocycles. The van der Waals surface area contributed by atoms with Crippen molar-refractivity contribution in [3.05, 3.63) is 51.0 Å². The van der Waals surface area contributed by atoms with Gasteiger partial charge in [-0.2, -0.15) is 0 Å². The third-order valence-electron chi connectivity index (χ3n) is 2.86. The van der Waals surface area contributed by atoms with Crippen LogP contribution in [-0.2, 0) is 0 Å². The number of fused-ring (bicyclic) bond motifs is 1. The van der Waals surface area contributed by atoms with Crippen LogP contribution in [-0.4, -0.2) is 0 Å². The minimum atomic E-state index is 0.276. The molecule has 2 heterocycles.